The Labute approximate surface area is 140 Å². The lowest BCUT2D eigenvalue weighted by atomic mass is 10.1. The summed E-state index contributed by atoms with van der Waals surface area (Å²) in [5, 5.41) is 8.81. The lowest BCUT2D eigenvalue weighted by Crippen LogP contribution is -2.19. The van der Waals surface area contributed by atoms with E-state index in [0.717, 1.165) is 16.7 Å². The average molecular weight is 312 g/mol. The maximum Gasteiger partial charge on any atom is 0.251 e. The number of hydrogen-bond donors (Lipinski definition) is 0. The van der Waals surface area contributed by atoms with Crippen LogP contribution >= 0.6 is 0 Å². The zero-order valence-electron chi connectivity index (χ0n) is 13.1. The monoisotopic (exact) mass is 312 g/mol. The first-order chi connectivity index (χ1) is 11.7. The van der Waals surface area contributed by atoms with Gasteiger partial charge in [0.05, 0.1) is 18.2 Å². The van der Waals surface area contributed by atoms with Crippen molar-refractivity contribution in [2.45, 2.75) is 6.54 Å². The normalized spacial score (nSPS) is 10.6. The van der Waals surface area contributed by atoms with Crippen LogP contribution in [0.25, 0.3) is 12.2 Å². The van der Waals surface area contributed by atoms with Crippen LogP contribution in [0.15, 0.2) is 77.7 Å². The van der Waals surface area contributed by atoms with E-state index in [4.69, 9.17) is 5.26 Å². The van der Waals surface area contributed by atoms with Crippen LogP contribution < -0.4 is 5.56 Å². The van der Waals surface area contributed by atoms with Gasteiger partial charge in [-0.2, -0.15) is 5.26 Å². The molecular formula is C21H16N2O. The van der Waals surface area contributed by atoms with Gasteiger partial charge in [0.1, 0.15) is 0 Å². The highest BCUT2D eigenvalue weighted by Crippen LogP contribution is 2.08. The minimum Gasteiger partial charge on any atom is -0.311 e. The van der Waals surface area contributed by atoms with Crippen molar-refractivity contribution < 1.29 is 0 Å². The van der Waals surface area contributed by atoms with E-state index >= 15 is 0 Å². The first-order valence-electron chi connectivity index (χ1n) is 7.67. The van der Waals surface area contributed by atoms with Crippen LogP contribution in [0.5, 0.6) is 0 Å². The first kappa shape index (κ1) is 15.5. The van der Waals surface area contributed by atoms with Gasteiger partial charge in [-0.15, -0.1) is 0 Å². The van der Waals surface area contributed by atoms with E-state index in [2.05, 4.69) is 6.07 Å². The minimum atomic E-state index is -0.0467. The molecular weight excluding hydrogens is 296 g/mol. The number of nitrogens with zero attached hydrogens (tertiary/aromatic N) is 2. The summed E-state index contributed by atoms with van der Waals surface area (Å²) in [7, 11) is 0. The summed E-state index contributed by atoms with van der Waals surface area (Å²) in [4.78, 5) is 12.3. The van der Waals surface area contributed by atoms with E-state index in [9.17, 15) is 4.79 Å². The van der Waals surface area contributed by atoms with E-state index in [-0.39, 0.29) is 5.56 Å². The summed E-state index contributed by atoms with van der Waals surface area (Å²) in [5.74, 6) is 0. The van der Waals surface area contributed by atoms with Gasteiger partial charge in [-0.1, -0.05) is 54.6 Å². The lowest BCUT2D eigenvalue weighted by Gasteiger charge is -2.06. The van der Waals surface area contributed by atoms with Gasteiger partial charge in [-0.25, -0.2) is 0 Å². The molecule has 116 valence electrons. The predicted octanol–water partition coefficient (Wildman–Crippen LogP) is 3.94. The maximum atomic E-state index is 12.3. The topological polar surface area (TPSA) is 45.8 Å². The van der Waals surface area contributed by atoms with Gasteiger partial charge >= 0.3 is 0 Å². The molecule has 3 rings (SSSR count). The molecule has 0 unspecified atom stereocenters. The molecule has 0 saturated carbocycles. The second-order valence-electron chi connectivity index (χ2n) is 5.48. The fraction of sp³-hybridized carbons (Fsp3) is 0.0476. The Morgan fingerprint density at radius 1 is 0.917 bits per heavy atom. The van der Waals surface area contributed by atoms with Crippen molar-refractivity contribution in [1.82, 2.24) is 4.57 Å². The summed E-state index contributed by atoms with van der Waals surface area (Å²) in [6.07, 6.45) is 5.72. The van der Waals surface area contributed by atoms with E-state index in [1.807, 2.05) is 60.7 Å². The molecule has 0 spiro atoms. The molecule has 0 aliphatic rings. The third-order valence-corrected chi connectivity index (χ3v) is 3.72. The molecule has 0 N–H and O–H groups in total. The summed E-state index contributed by atoms with van der Waals surface area (Å²) < 4.78 is 1.65. The van der Waals surface area contributed by atoms with E-state index < -0.39 is 0 Å². The second kappa shape index (κ2) is 7.26. The summed E-state index contributed by atoms with van der Waals surface area (Å²) in [6.45, 7) is 0.493. The molecule has 3 heteroatoms. The van der Waals surface area contributed by atoms with Crippen molar-refractivity contribution in [3.8, 4) is 6.07 Å². The van der Waals surface area contributed by atoms with Crippen molar-refractivity contribution >= 4 is 12.2 Å². The molecule has 0 radical (unpaired) electrons. The number of pyridine rings is 1. The van der Waals surface area contributed by atoms with Gasteiger partial charge in [0.15, 0.2) is 0 Å². The highest BCUT2D eigenvalue weighted by atomic mass is 16.1. The van der Waals surface area contributed by atoms with Gasteiger partial charge < -0.3 is 4.57 Å². The van der Waals surface area contributed by atoms with Gasteiger partial charge in [-0.05, 0) is 34.9 Å². The predicted molar refractivity (Wildman–Crippen MR) is 96.3 cm³/mol. The molecule has 1 heterocycles. The molecule has 1 aromatic heterocycles. The average Bonchev–Trinajstić information content (AvgIpc) is 2.63. The van der Waals surface area contributed by atoms with Crippen LogP contribution in [0.1, 0.15) is 22.3 Å². The molecule has 0 bridgehead atoms. The number of hydrogen-bond acceptors (Lipinski definition) is 2. The fourth-order valence-electron chi connectivity index (χ4n) is 2.40. The standard InChI is InChI=1S/C21H16N2O/c22-15-19-8-10-20(11-9-19)16-23-13-12-18(14-21(23)24)7-6-17-4-2-1-3-5-17/h1-14H,16H2/b7-6+. The van der Waals surface area contributed by atoms with Gasteiger partial charge in [0, 0.05) is 12.3 Å². The number of rotatable bonds is 4. The van der Waals surface area contributed by atoms with Crippen LogP contribution in [0, 0.1) is 11.3 Å². The highest BCUT2D eigenvalue weighted by Gasteiger charge is 1.99. The molecule has 0 aliphatic carbocycles. The number of nitriles is 1. The largest absolute Gasteiger partial charge is 0.311 e. The zero-order chi connectivity index (χ0) is 16.8. The van der Waals surface area contributed by atoms with Crippen LogP contribution in [0.3, 0.4) is 0 Å². The Bertz CT molecular complexity index is 946. The van der Waals surface area contributed by atoms with Crippen LogP contribution in [-0.2, 0) is 6.54 Å². The Morgan fingerprint density at radius 3 is 2.29 bits per heavy atom. The quantitative estimate of drug-likeness (QED) is 0.732. The van der Waals surface area contributed by atoms with Crippen LogP contribution in [0.4, 0.5) is 0 Å². The third-order valence-electron chi connectivity index (χ3n) is 3.72. The number of benzene rings is 2. The SMILES string of the molecule is N#Cc1ccc(Cn2ccc(/C=C/c3ccccc3)cc2=O)cc1. The molecule has 0 saturated heterocycles. The van der Waals surface area contributed by atoms with Gasteiger partial charge in [-0.3, -0.25) is 4.79 Å². The van der Waals surface area contributed by atoms with E-state index in [1.165, 1.54) is 0 Å². The van der Waals surface area contributed by atoms with E-state index in [1.54, 1.807) is 29.0 Å². The van der Waals surface area contributed by atoms with Crippen molar-refractivity contribution in [1.29, 1.82) is 5.26 Å². The Kier molecular flexibility index (Phi) is 4.69. The van der Waals surface area contributed by atoms with Gasteiger partial charge in [0.25, 0.3) is 5.56 Å². The molecule has 3 nitrogen and oxygen atoms in total. The van der Waals surface area contributed by atoms with Crippen LogP contribution in [-0.4, -0.2) is 4.57 Å². The van der Waals surface area contributed by atoms with Crippen molar-refractivity contribution in [3.05, 3.63) is 106 Å². The van der Waals surface area contributed by atoms with Gasteiger partial charge in [0.2, 0.25) is 0 Å². The summed E-state index contributed by atoms with van der Waals surface area (Å²) >= 11 is 0. The smallest absolute Gasteiger partial charge is 0.251 e. The zero-order valence-corrected chi connectivity index (χ0v) is 13.1. The number of aromatic nitrogens is 1. The Morgan fingerprint density at radius 2 is 1.62 bits per heavy atom. The van der Waals surface area contributed by atoms with Crippen molar-refractivity contribution in [2.75, 3.05) is 0 Å². The van der Waals surface area contributed by atoms with E-state index in [0.29, 0.717) is 12.1 Å². The fourth-order valence-corrected chi connectivity index (χ4v) is 2.40. The Hall–Kier alpha value is -3.38. The Balaban J connectivity index is 1.76. The molecule has 0 amide bonds. The molecule has 24 heavy (non-hydrogen) atoms. The summed E-state index contributed by atoms with van der Waals surface area (Å²) in [6, 6.07) is 22.9. The maximum absolute atomic E-state index is 12.3. The minimum absolute atomic E-state index is 0.0467. The molecule has 0 atom stereocenters. The third kappa shape index (κ3) is 3.88. The lowest BCUT2D eigenvalue weighted by molar-refractivity contribution is 0.759. The first-order valence-corrected chi connectivity index (χ1v) is 7.67. The van der Waals surface area contributed by atoms with Crippen molar-refractivity contribution in [3.63, 3.8) is 0 Å². The molecule has 0 aliphatic heterocycles. The van der Waals surface area contributed by atoms with Crippen molar-refractivity contribution in [2.24, 2.45) is 0 Å². The molecule has 3 aromatic rings. The highest BCUT2D eigenvalue weighted by molar-refractivity contribution is 5.69. The molecule has 0 fully saturated rings. The van der Waals surface area contributed by atoms with Crippen LogP contribution in [0.2, 0.25) is 0 Å². The second-order valence-corrected chi connectivity index (χ2v) is 5.48. The molecule has 2 aromatic carbocycles. The summed E-state index contributed by atoms with van der Waals surface area (Å²) in [5.41, 5.74) is 3.53.